The van der Waals surface area contributed by atoms with Crippen molar-refractivity contribution in [3.05, 3.63) is 10.6 Å². The van der Waals surface area contributed by atoms with Gasteiger partial charge in [0.1, 0.15) is 4.88 Å². The first-order valence-electron chi connectivity index (χ1n) is 6.31. The predicted molar refractivity (Wildman–Crippen MR) is 75.0 cm³/mol. The summed E-state index contributed by atoms with van der Waals surface area (Å²) in [7, 11) is 1.39. The Morgan fingerprint density at radius 3 is 2.84 bits per heavy atom. The van der Waals surface area contributed by atoms with E-state index in [1.54, 1.807) is 0 Å². The van der Waals surface area contributed by atoms with E-state index in [2.05, 4.69) is 30.7 Å². The normalized spacial score (nSPS) is 22.4. The van der Waals surface area contributed by atoms with E-state index < -0.39 is 0 Å². The van der Waals surface area contributed by atoms with Crippen LogP contribution in [-0.4, -0.2) is 42.9 Å². The van der Waals surface area contributed by atoms with Crippen LogP contribution >= 0.6 is 11.3 Å². The van der Waals surface area contributed by atoms with Crippen LogP contribution in [0.2, 0.25) is 0 Å². The summed E-state index contributed by atoms with van der Waals surface area (Å²) in [5.41, 5.74) is 0.520. The second kappa shape index (κ2) is 5.09. The van der Waals surface area contributed by atoms with Crippen molar-refractivity contribution in [3.8, 4) is 0 Å². The Morgan fingerprint density at radius 2 is 2.26 bits per heavy atom. The van der Waals surface area contributed by atoms with Gasteiger partial charge in [0.15, 0.2) is 5.13 Å². The number of esters is 1. The lowest BCUT2D eigenvalue weighted by molar-refractivity contribution is -0.0749. The highest BCUT2D eigenvalue weighted by molar-refractivity contribution is 7.17. The molecule has 0 spiro atoms. The summed E-state index contributed by atoms with van der Waals surface area (Å²) in [5.74, 6) is -0.318. The fourth-order valence-electron chi connectivity index (χ4n) is 2.40. The van der Waals surface area contributed by atoms with Crippen molar-refractivity contribution >= 4 is 22.4 Å². The van der Waals surface area contributed by atoms with Crippen LogP contribution in [-0.2, 0) is 9.47 Å². The third-order valence-electron chi connectivity index (χ3n) is 3.00. The second-order valence-electron chi connectivity index (χ2n) is 5.47. The summed E-state index contributed by atoms with van der Waals surface area (Å²) in [6.45, 7) is 9.58. The lowest BCUT2D eigenvalue weighted by Gasteiger charge is -2.41. The summed E-state index contributed by atoms with van der Waals surface area (Å²) in [6.07, 6.45) is 0.148. The quantitative estimate of drug-likeness (QED) is 0.780. The van der Waals surface area contributed by atoms with Gasteiger partial charge >= 0.3 is 5.97 Å². The van der Waals surface area contributed by atoms with Crippen molar-refractivity contribution in [2.24, 2.45) is 0 Å². The minimum atomic E-state index is -0.318. The number of morpholine rings is 1. The zero-order valence-electron chi connectivity index (χ0n) is 12.0. The van der Waals surface area contributed by atoms with E-state index >= 15 is 0 Å². The maximum Gasteiger partial charge on any atom is 0.350 e. The van der Waals surface area contributed by atoms with Crippen molar-refractivity contribution in [3.63, 3.8) is 0 Å². The molecule has 5 nitrogen and oxygen atoms in total. The number of anilines is 1. The Morgan fingerprint density at radius 1 is 1.58 bits per heavy atom. The summed E-state index contributed by atoms with van der Waals surface area (Å²) >= 11 is 1.39. The molecule has 19 heavy (non-hydrogen) atoms. The van der Waals surface area contributed by atoms with Crippen molar-refractivity contribution in [1.82, 2.24) is 4.98 Å². The predicted octanol–water partition coefficient (Wildman–Crippen LogP) is 2.24. The SMILES string of the molecule is COC(=O)c1sc(N2CC(C)OC(C)(C)C2)nc1C. The number of hydrogen-bond acceptors (Lipinski definition) is 6. The molecule has 0 amide bonds. The van der Waals surface area contributed by atoms with E-state index in [0.29, 0.717) is 4.88 Å². The van der Waals surface area contributed by atoms with Crippen molar-refractivity contribution < 1.29 is 14.3 Å². The molecule has 1 unspecified atom stereocenters. The van der Waals surface area contributed by atoms with Crippen molar-refractivity contribution in [2.75, 3.05) is 25.1 Å². The Labute approximate surface area is 117 Å². The van der Waals surface area contributed by atoms with Crippen LogP contribution < -0.4 is 4.90 Å². The molecule has 0 bridgehead atoms. The number of methoxy groups -OCH3 is 1. The molecule has 0 radical (unpaired) electrons. The van der Waals surface area contributed by atoms with Gasteiger partial charge in [-0.15, -0.1) is 0 Å². The van der Waals surface area contributed by atoms with Gasteiger partial charge in [-0.1, -0.05) is 11.3 Å². The number of aromatic nitrogens is 1. The van der Waals surface area contributed by atoms with Gasteiger partial charge in [-0.3, -0.25) is 0 Å². The zero-order valence-corrected chi connectivity index (χ0v) is 12.8. The van der Waals surface area contributed by atoms with E-state index in [4.69, 9.17) is 9.47 Å². The molecule has 0 saturated carbocycles. The van der Waals surface area contributed by atoms with Crippen molar-refractivity contribution in [2.45, 2.75) is 39.4 Å². The Balaban J connectivity index is 2.25. The first-order valence-corrected chi connectivity index (χ1v) is 7.12. The summed E-state index contributed by atoms with van der Waals surface area (Å²) < 4.78 is 10.6. The fraction of sp³-hybridized carbons (Fsp3) is 0.692. The lowest BCUT2D eigenvalue weighted by Crippen LogP contribution is -2.52. The highest BCUT2D eigenvalue weighted by Crippen LogP contribution is 2.31. The number of nitrogens with zero attached hydrogens (tertiary/aromatic N) is 2. The van der Waals surface area contributed by atoms with Gasteiger partial charge in [0.2, 0.25) is 0 Å². The van der Waals surface area contributed by atoms with Crippen LogP contribution in [0.25, 0.3) is 0 Å². The Kier molecular flexibility index (Phi) is 3.82. The van der Waals surface area contributed by atoms with Gasteiger partial charge in [0, 0.05) is 13.1 Å². The molecule has 2 heterocycles. The van der Waals surface area contributed by atoms with Gasteiger partial charge in [0.25, 0.3) is 0 Å². The van der Waals surface area contributed by atoms with E-state index in [-0.39, 0.29) is 17.7 Å². The molecule has 1 fully saturated rings. The molecule has 1 saturated heterocycles. The molecule has 2 rings (SSSR count). The van der Waals surface area contributed by atoms with E-state index in [9.17, 15) is 4.79 Å². The monoisotopic (exact) mass is 284 g/mol. The average Bonchev–Trinajstić information content (AvgIpc) is 2.68. The van der Waals surface area contributed by atoms with Crippen LogP contribution in [0.1, 0.15) is 36.1 Å². The first kappa shape index (κ1) is 14.3. The number of ether oxygens (including phenoxy) is 2. The molecule has 0 aliphatic carbocycles. The molecule has 0 N–H and O–H groups in total. The van der Waals surface area contributed by atoms with Crippen LogP contribution in [0, 0.1) is 6.92 Å². The van der Waals surface area contributed by atoms with Gasteiger partial charge in [-0.05, 0) is 27.7 Å². The maximum absolute atomic E-state index is 11.6. The van der Waals surface area contributed by atoms with Crippen molar-refractivity contribution in [1.29, 1.82) is 0 Å². The van der Waals surface area contributed by atoms with E-state index in [1.165, 1.54) is 18.4 Å². The standard InChI is InChI=1S/C13H20N2O3S/c1-8-6-15(7-13(3,4)18-8)12-14-9(2)10(19-12)11(16)17-5/h8H,6-7H2,1-5H3. The number of hydrogen-bond donors (Lipinski definition) is 0. The number of carbonyl (C=O) groups is 1. The molecule has 1 aromatic rings. The second-order valence-corrected chi connectivity index (χ2v) is 6.45. The van der Waals surface area contributed by atoms with Crippen LogP contribution in [0.15, 0.2) is 0 Å². The molecule has 1 aliphatic heterocycles. The fourth-order valence-corrected chi connectivity index (χ4v) is 3.39. The number of rotatable bonds is 2. The van der Waals surface area contributed by atoms with Gasteiger partial charge in [-0.25, -0.2) is 9.78 Å². The molecule has 1 aromatic heterocycles. The minimum Gasteiger partial charge on any atom is -0.465 e. The topological polar surface area (TPSA) is 51.7 Å². The molecule has 106 valence electrons. The Hall–Kier alpha value is -1.14. The highest BCUT2D eigenvalue weighted by Gasteiger charge is 2.33. The van der Waals surface area contributed by atoms with Gasteiger partial charge < -0.3 is 14.4 Å². The molecular formula is C13H20N2O3S. The lowest BCUT2D eigenvalue weighted by atomic mass is 10.1. The number of carbonyl (C=O) groups excluding carboxylic acids is 1. The third-order valence-corrected chi connectivity index (χ3v) is 4.19. The van der Waals surface area contributed by atoms with Crippen LogP contribution in [0.5, 0.6) is 0 Å². The maximum atomic E-state index is 11.6. The average molecular weight is 284 g/mol. The largest absolute Gasteiger partial charge is 0.465 e. The summed E-state index contributed by atoms with van der Waals surface area (Å²) in [6, 6.07) is 0. The third kappa shape index (κ3) is 3.06. The van der Waals surface area contributed by atoms with Crippen LogP contribution in [0.3, 0.4) is 0 Å². The molecule has 6 heteroatoms. The summed E-state index contributed by atoms with van der Waals surface area (Å²) in [5, 5.41) is 0.862. The molecule has 0 aromatic carbocycles. The minimum absolute atomic E-state index is 0.148. The van der Waals surface area contributed by atoms with E-state index in [0.717, 1.165) is 23.9 Å². The zero-order chi connectivity index (χ0) is 14.2. The first-order chi connectivity index (χ1) is 8.82. The van der Waals surface area contributed by atoms with E-state index in [1.807, 2.05) is 6.92 Å². The van der Waals surface area contributed by atoms with Gasteiger partial charge in [0.05, 0.1) is 24.5 Å². The molecular weight excluding hydrogens is 264 g/mol. The Bertz CT molecular complexity index is 484. The summed E-state index contributed by atoms with van der Waals surface area (Å²) in [4.78, 5) is 18.9. The molecule has 1 atom stereocenters. The number of aryl methyl sites for hydroxylation is 1. The van der Waals surface area contributed by atoms with Gasteiger partial charge in [-0.2, -0.15) is 0 Å². The van der Waals surface area contributed by atoms with Crippen LogP contribution in [0.4, 0.5) is 5.13 Å². The highest BCUT2D eigenvalue weighted by atomic mass is 32.1. The number of thiazole rings is 1. The molecule has 1 aliphatic rings. The smallest absolute Gasteiger partial charge is 0.350 e.